The van der Waals surface area contributed by atoms with E-state index in [1.54, 1.807) is 23.1 Å². The number of carbonyl (C=O) groups excluding carboxylic acids is 1. The van der Waals surface area contributed by atoms with Crippen LogP contribution in [0.15, 0.2) is 28.9 Å². The van der Waals surface area contributed by atoms with Gasteiger partial charge in [0.15, 0.2) is 21.2 Å². The van der Waals surface area contributed by atoms with Crippen molar-refractivity contribution < 1.29 is 17.6 Å². The van der Waals surface area contributed by atoms with Crippen molar-refractivity contribution in [1.82, 2.24) is 20.1 Å². The highest BCUT2D eigenvalue weighted by molar-refractivity contribution is 7.91. The van der Waals surface area contributed by atoms with Crippen LogP contribution in [-0.2, 0) is 9.84 Å². The van der Waals surface area contributed by atoms with E-state index < -0.39 is 9.84 Å². The van der Waals surface area contributed by atoms with Crippen molar-refractivity contribution in [3.8, 4) is 11.5 Å². The zero-order valence-electron chi connectivity index (χ0n) is 21.7. The number of aromatic nitrogens is 3. The molecule has 1 aliphatic heterocycles. The summed E-state index contributed by atoms with van der Waals surface area (Å²) in [6.07, 6.45) is 15.2. The molecule has 2 aliphatic rings. The van der Waals surface area contributed by atoms with Crippen molar-refractivity contribution in [2.75, 3.05) is 11.5 Å². The lowest BCUT2D eigenvalue weighted by molar-refractivity contribution is 0.0933. The topological polar surface area (TPSA) is 107 Å². The number of sulfone groups is 1. The second kappa shape index (κ2) is 11.4. The molecule has 0 radical (unpaired) electrons. The third-order valence-electron chi connectivity index (χ3n) is 7.85. The van der Waals surface area contributed by atoms with Crippen molar-refractivity contribution in [2.45, 2.75) is 96.1 Å². The maximum absolute atomic E-state index is 13.8. The minimum Gasteiger partial charge on any atom is -0.463 e. The van der Waals surface area contributed by atoms with Crippen molar-refractivity contribution >= 4 is 26.8 Å². The standard InChI is InChI=1S/C28H38N4O4S/c1-20-26-23(28(33)29-21-12-9-7-5-3-2-4-6-8-10-13-21)18-24(25-14-11-16-36-25)30-27(26)32(31-20)22-15-17-37(34,35)19-22/h11,14,16,18,21-22H,2-10,12-13,15,17,19H2,1H3,(H,29,33). The van der Waals surface area contributed by atoms with E-state index >= 15 is 0 Å². The third-order valence-corrected chi connectivity index (χ3v) is 9.60. The molecule has 1 atom stereocenters. The lowest BCUT2D eigenvalue weighted by Crippen LogP contribution is -2.35. The van der Waals surface area contributed by atoms with Crippen molar-refractivity contribution in [2.24, 2.45) is 0 Å². The van der Waals surface area contributed by atoms with Crippen molar-refractivity contribution in [3.05, 3.63) is 35.7 Å². The van der Waals surface area contributed by atoms with E-state index in [-0.39, 0.29) is 29.5 Å². The molecular weight excluding hydrogens is 488 g/mol. The third kappa shape index (κ3) is 6.08. The van der Waals surface area contributed by atoms with E-state index in [0.29, 0.717) is 40.2 Å². The van der Waals surface area contributed by atoms with Crippen LogP contribution in [0.5, 0.6) is 0 Å². The Morgan fingerprint density at radius 3 is 2.30 bits per heavy atom. The number of amides is 1. The Labute approximate surface area is 219 Å². The molecule has 1 amide bonds. The van der Waals surface area contributed by atoms with Gasteiger partial charge < -0.3 is 9.73 Å². The summed E-state index contributed by atoms with van der Waals surface area (Å²) in [7, 11) is -3.11. The van der Waals surface area contributed by atoms with E-state index in [0.717, 1.165) is 25.7 Å². The van der Waals surface area contributed by atoms with E-state index in [4.69, 9.17) is 14.5 Å². The molecule has 1 unspecified atom stereocenters. The normalized spacial score (nSPS) is 21.9. The Kier molecular flexibility index (Phi) is 7.98. The first-order valence-corrected chi connectivity index (χ1v) is 15.7. The van der Waals surface area contributed by atoms with Crippen LogP contribution in [0.2, 0.25) is 0 Å². The summed E-state index contributed by atoms with van der Waals surface area (Å²) in [5.41, 5.74) is 2.29. The fourth-order valence-corrected chi connectivity index (χ4v) is 7.53. The molecular formula is C28H38N4O4S. The van der Waals surface area contributed by atoms with E-state index in [1.807, 2.05) is 13.0 Å². The number of aryl methyl sites for hydroxylation is 1. The highest BCUT2D eigenvalue weighted by Crippen LogP contribution is 2.32. The number of nitrogens with one attached hydrogen (secondary N) is 1. The Morgan fingerprint density at radius 2 is 1.70 bits per heavy atom. The number of carbonyl (C=O) groups is 1. The van der Waals surface area contributed by atoms with Crippen LogP contribution in [0.1, 0.15) is 99.1 Å². The van der Waals surface area contributed by atoms with Crippen LogP contribution < -0.4 is 5.32 Å². The summed E-state index contributed by atoms with van der Waals surface area (Å²) < 4.78 is 31.7. The van der Waals surface area contributed by atoms with Gasteiger partial charge in [-0.1, -0.05) is 57.8 Å². The average molecular weight is 527 g/mol. The largest absolute Gasteiger partial charge is 0.463 e. The second-order valence-corrected chi connectivity index (χ2v) is 13.0. The Bertz CT molecular complexity index is 1320. The summed E-state index contributed by atoms with van der Waals surface area (Å²) in [4.78, 5) is 18.6. The van der Waals surface area contributed by atoms with Crippen LogP contribution >= 0.6 is 0 Å². The van der Waals surface area contributed by atoms with Gasteiger partial charge in [-0.2, -0.15) is 5.10 Å². The molecule has 3 aromatic heterocycles. The van der Waals surface area contributed by atoms with Crippen molar-refractivity contribution in [1.29, 1.82) is 0 Å². The zero-order valence-corrected chi connectivity index (χ0v) is 22.6. The SMILES string of the molecule is Cc1nn(C2CCS(=O)(=O)C2)c2nc(-c3ccco3)cc(C(=O)NC3CCCCCCCCCCC3)c12. The molecule has 1 N–H and O–H groups in total. The van der Waals surface area contributed by atoms with Gasteiger partial charge in [0, 0.05) is 6.04 Å². The number of pyridine rings is 1. The van der Waals surface area contributed by atoms with Gasteiger partial charge in [0.05, 0.1) is 40.5 Å². The fourth-order valence-electron chi connectivity index (χ4n) is 5.84. The molecule has 0 spiro atoms. The minimum atomic E-state index is -3.11. The molecule has 0 bridgehead atoms. The van der Waals surface area contributed by atoms with Gasteiger partial charge in [-0.05, 0) is 44.4 Å². The van der Waals surface area contributed by atoms with E-state index in [9.17, 15) is 13.2 Å². The highest BCUT2D eigenvalue weighted by Gasteiger charge is 2.33. The molecule has 9 heteroatoms. The summed E-state index contributed by atoms with van der Waals surface area (Å²) in [5, 5.41) is 8.72. The van der Waals surface area contributed by atoms with E-state index in [1.165, 1.54) is 44.9 Å². The van der Waals surface area contributed by atoms with Gasteiger partial charge >= 0.3 is 0 Å². The first-order valence-electron chi connectivity index (χ1n) is 13.9. The summed E-state index contributed by atoms with van der Waals surface area (Å²) in [5.74, 6) is 0.621. The van der Waals surface area contributed by atoms with Crippen LogP contribution in [0.25, 0.3) is 22.5 Å². The van der Waals surface area contributed by atoms with Crippen LogP contribution in [0.3, 0.4) is 0 Å². The maximum atomic E-state index is 13.8. The van der Waals surface area contributed by atoms with Crippen LogP contribution in [0, 0.1) is 6.92 Å². The Balaban J connectivity index is 1.48. The molecule has 2 fully saturated rings. The molecule has 1 aliphatic carbocycles. The zero-order chi connectivity index (χ0) is 25.8. The molecule has 4 heterocycles. The first kappa shape index (κ1) is 25.9. The van der Waals surface area contributed by atoms with Gasteiger partial charge in [0.2, 0.25) is 0 Å². The van der Waals surface area contributed by atoms with Gasteiger partial charge in [-0.25, -0.2) is 18.1 Å². The lowest BCUT2D eigenvalue weighted by Gasteiger charge is -2.20. The molecule has 5 rings (SSSR count). The number of rotatable bonds is 4. The molecule has 37 heavy (non-hydrogen) atoms. The Hall–Kier alpha value is -2.68. The number of hydrogen-bond acceptors (Lipinski definition) is 6. The first-order chi connectivity index (χ1) is 17.9. The predicted octanol–water partition coefficient (Wildman–Crippen LogP) is 5.76. The smallest absolute Gasteiger partial charge is 0.252 e. The number of nitrogens with zero attached hydrogens (tertiary/aromatic N) is 3. The highest BCUT2D eigenvalue weighted by atomic mass is 32.2. The molecule has 200 valence electrons. The molecule has 1 saturated carbocycles. The monoisotopic (exact) mass is 526 g/mol. The van der Waals surface area contributed by atoms with Gasteiger partial charge in [-0.15, -0.1) is 0 Å². The second-order valence-electron chi connectivity index (χ2n) is 10.7. The van der Waals surface area contributed by atoms with Crippen molar-refractivity contribution in [3.63, 3.8) is 0 Å². The van der Waals surface area contributed by atoms with Crippen LogP contribution in [0.4, 0.5) is 0 Å². The van der Waals surface area contributed by atoms with E-state index in [2.05, 4.69) is 5.32 Å². The van der Waals surface area contributed by atoms with Gasteiger partial charge in [-0.3, -0.25) is 4.79 Å². The minimum absolute atomic E-state index is 0.0412. The average Bonchev–Trinajstić information content (AvgIpc) is 3.59. The van der Waals surface area contributed by atoms with Gasteiger partial charge in [0.1, 0.15) is 5.69 Å². The molecule has 0 aromatic carbocycles. The Morgan fingerprint density at radius 1 is 1.03 bits per heavy atom. The molecule has 8 nitrogen and oxygen atoms in total. The fraction of sp³-hybridized carbons (Fsp3) is 0.607. The molecule has 3 aromatic rings. The van der Waals surface area contributed by atoms with Gasteiger partial charge in [0.25, 0.3) is 5.91 Å². The predicted molar refractivity (Wildman–Crippen MR) is 144 cm³/mol. The maximum Gasteiger partial charge on any atom is 0.252 e. The number of hydrogen-bond donors (Lipinski definition) is 1. The summed E-state index contributed by atoms with van der Waals surface area (Å²) >= 11 is 0. The summed E-state index contributed by atoms with van der Waals surface area (Å²) in [6, 6.07) is 5.24. The lowest BCUT2D eigenvalue weighted by atomic mass is 9.97. The molecule has 1 saturated heterocycles. The number of fused-ring (bicyclic) bond motifs is 1. The summed E-state index contributed by atoms with van der Waals surface area (Å²) in [6.45, 7) is 1.86. The van der Waals surface area contributed by atoms with Crippen LogP contribution in [-0.4, -0.2) is 46.6 Å². The number of furan rings is 1. The quantitative estimate of drug-likeness (QED) is 0.463.